The topological polar surface area (TPSA) is 29.1 Å². The summed E-state index contributed by atoms with van der Waals surface area (Å²) in [6.07, 6.45) is 5.84. The average Bonchev–Trinajstić information content (AvgIpc) is 2.18. The molecule has 1 N–H and O–H groups in total. The third kappa shape index (κ3) is 6.40. The fourth-order valence-corrected chi connectivity index (χ4v) is 1.63. The number of likely N-dealkylation sites (N-methyl/N-ethyl adjacent to an activating group) is 1. The Bertz CT molecular complexity index is 226. The first-order valence-electron chi connectivity index (χ1n) is 5.90. The van der Waals surface area contributed by atoms with Crippen molar-refractivity contribution in [1.82, 2.24) is 5.32 Å². The van der Waals surface area contributed by atoms with E-state index >= 15 is 0 Å². The number of nitrogens with one attached hydrogen (secondary N) is 1. The Morgan fingerprint density at radius 3 is 2.31 bits per heavy atom. The van der Waals surface area contributed by atoms with Gasteiger partial charge >= 0.3 is 0 Å². The number of rotatable bonds is 9. The number of carbonyl (C=O) groups excluding carboxylic acids is 1. The van der Waals surface area contributed by atoms with Crippen LogP contribution in [0.5, 0.6) is 0 Å². The van der Waals surface area contributed by atoms with Crippen molar-refractivity contribution in [2.45, 2.75) is 19.8 Å². The third-order valence-corrected chi connectivity index (χ3v) is 2.52. The summed E-state index contributed by atoms with van der Waals surface area (Å²) in [7, 11) is 2.04. The van der Waals surface area contributed by atoms with Crippen LogP contribution in [0.15, 0.2) is 25.3 Å². The summed E-state index contributed by atoms with van der Waals surface area (Å²) in [4.78, 5) is 11.7. The number of unbranched alkanes of at least 4 members (excludes halogenated alkanes) is 1. The normalized spacial score (nSPS) is 10.9. The van der Waals surface area contributed by atoms with Crippen molar-refractivity contribution in [2.24, 2.45) is 0 Å². The molecule has 0 aliphatic heterocycles. The van der Waals surface area contributed by atoms with Crippen LogP contribution in [0.4, 0.5) is 0 Å². The first-order valence-corrected chi connectivity index (χ1v) is 5.90. The highest BCUT2D eigenvalue weighted by Gasteiger charge is 2.21. The summed E-state index contributed by atoms with van der Waals surface area (Å²) in [5.74, 6) is 0.111. The summed E-state index contributed by atoms with van der Waals surface area (Å²) >= 11 is 0. The minimum absolute atomic E-state index is 0.111. The van der Waals surface area contributed by atoms with Gasteiger partial charge in [0.25, 0.3) is 5.91 Å². The Kier molecular flexibility index (Phi) is 7.56. The Morgan fingerprint density at radius 2 is 1.88 bits per heavy atom. The van der Waals surface area contributed by atoms with E-state index in [0.29, 0.717) is 11.0 Å². The van der Waals surface area contributed by atoms with E-state index in [1.165, 1.54) is 0 Å². The number of quaternary nitrogens is 1. The minimum Gasteiger partial charge on any atom is -0.351 e. The number of hydrogen-bond donors (Lipinski definition) is 1. The third-order valence-electron chi connectivity index (χ3n) is 2.52. The molecule has 0 aliphatic rings. The van der Waals surface area contributed by atoms with Crippen molar-refractivity contribution in [3.8, 4) is 0 Å². The quantitative estimate of drug-likeness (QED) is 0.361. The highest BCUT2D eigenvalue weighted by Crippen LogP contribution is 2.02. The van der Waals surface area contributed by atoms with Gasteiger partial charge in [0.1, 0.15) is 0 Å². The van der Waals surface area contributed by atoms with Crippen molar-refractivity contribution in [3.05, 3.63) is 25.3 Å². The molecule has 3 nitrogen and oxygen atoms in total. The largest absolute Gasteiger partial charge is 0.351 e. The molecule has 0 rings (SSSR count). The van der Waals surface area contributed by atoms with Gasteiger partial charge in [0.15, 0.2) is 6.54 Å². The average molecular weight is 225 g/mol. The molecule has 0 saturated heterocycles. The van der Waals surface area contributed by atoms with E-state index in [4.69, 9.17) is 0 Å². The van der Waals surface area contributed by atoms with Crippen LogP contribution in [0.25, 0.3) is 0 Å². The molecule has 0 aromatic rings. The van der Waals surface area contributed by atoms with Gasteiger partial charge in [-0.25, -0.2) is 0 Å². The van der Waals surface area contributed by atoms with Gasteiger partial charge in [-0.05, 0) is 18.6 Å². The van der Waals surface area contributed by atoms with E-state index in [2.05, 4.69) is 25.4 Å². The lowest BCUT2D eigenvalue weighted by atomic mass is 10.3. The second-order valence-electron chi connectivity index (χ2n) is 4.42. The predicted octanol–water partition coefficient (Wildman–Crippen LogP) is 1.72. The lowest BCUT2D eigenvalue weighted by Gasteiger charge is -2.31. The maximum absolute atomic E-state index is 11.7. The van der Waals surface area contributed by atoms with E-state index < -0.39 is 0 Å². The molecule has 0 fully saturated rings. The van der Waals surface area contributed by atoms with Crippen molar-refractivity contribution in [2.75, 3.05) is 33.2 Å². The number of nitrogens with zero attached hydrogens (tertiary/aromatic N) is 1. The van der Waals surface area contributed by atoms with Crippen molar-refractivity contribution in [3.63, 3.8) is 0 Å². The molecule has 0 spiro atoms. The van der Waals surface area contributed by atoms with E-state index in [0.717, 1.165) is 32.5 Å². The lowest BCUT2D eigenvalue weighted by molar-refractivity contribution is -0.890. The Hall–Kier alpha value is -1.09. The Morgan fingerprint density at radius 1 is 1.31 bits per heavy atom. The molecule has 3 heteroatoms. The molecule has 0 saturated carbocycles. The Labute approximate surface area is 99.4 Å². The highest BCUT2D eigenvalue weighted by molar-refractivity contribution is 5.77. The second-order valence-corrected chi connectivity index (χ2v) is 4.42. The van der Waals surface area contributed by atoms with Crippen LogP contribution in [0.1, 0.15) is 19.8 Å². The van der Waals surface area contributed by atoms with Gasteiger partial charge in [-0.2, -0.15) is 0 Å². The summed E-state index contributed by atoms with van der Waals surface area (Å²) in [6.45, 7) is 12.4. The standard InChI is InChI=1S/C13H24N2O/c1-5-8-9-14-13(16)12-15(4,10-6-2)11-7-3/h6-7H,2-3,5,8-12H2,1,4H3/p+1. The predicted molar refractivity (Wildman–Crippen MR) is 69.1 cm³/mol. The zero-order valence-corrected chi connectivity index (χ0v) is 10.7. The second kappa shape index (κ2) is 8.11. The van der Waals surface area contributed by atoms with Gasteiger partial charge in [-0.15, -0.1) is 0 Å². The molecule has 0 aliphatic carbocycles. The molecule has 0 atom stereocenters. The van der Waals surface area contributed by atoms with Crippen LogP contribution in [-0.2, 0) is 4.79 Å². The van der Waals surface area contributed by atoms with Gasteiger partial charge in [0.05, 0.1) is 20.1 Å². The van der Waals surface area contributed by atoms with Crippen LogP contribution in [0, 0.1) is 0 Å². The van der Waals surface area contributed by atoms with Crippen molar-refractivity contribution < 1.29 is 9.28 Å². The van der Waals surface area contributed by atoms with Crippen molar-refractivity contribution >= 4 is 5.91 Å². The molecule has 0 aromatic carbocycles. The smallest absolute Gasteiger partial charge is 0.275 e. The molecule has 0 aromatic heterocycles. The monoisotopic (exact) mass is 225 g/mol. The van der Waals surface area contributed by atoms with Crippen molar-refractivity contribution in [1.29, 1.82) is 0 Å². The molecule has 0 heterocycles. The van der Waals surface area contributed by atoms with Gasteiger partial charge < -0.3 is 9.80 Å². The molecule has 1 amide bonds. The van der Waals surface area contributed by atoms with E-state index in [-0.39, 0.29) is 5.91 Å². The maximum atomic E-state index is 11.7. The van der Waals surface area contributed by atoms with Crippen LogP contribution < -0.4 is 5.32 Å². The van der Waals surface area contributed by atoms with E-state index in [1.807, 2.05) is 19.2 Å². The molecule has 92 valence electrons. The highest BCUT2D eigenvalue weighted by atomic mass is 16.2. The fourth-order valence-electron chi connectivity index (χ4n) is 1.63. The fraction of sp³-hybridized carbons (Fsp3) is 0.615. The van der Waals surface area contributed by atoms with Crippen LogP contribution in [0.3, 0.4) is 0 Å². The van der Waals surface area contributed by atoms with E-state index in [1.54, 1.807) is 0 Å². The summed E-state index contributed by atoms with van der Waals surface area (Å²) in [5.41, 5.74) is 0. The van der Waals surface area contributed by atoms with Crippen LogP contribution in [-0.4, -0.2) is 43.6 Å². The maximum Gasteiger partial charge on any atom is 0.275 e. The summed E-state index contributed by atoms with van der Waals surface area (Å²) in [5, 5.41) is 2.93. The number of hydrogen-bond acceptors (Lipinski definition) is 1. The first kappa shape index (κ1) is 14.9. The van der Waals surface area contributed by atoms with Crippen LogP contribution >= 0.6 is 0 Å². The summed E-state index contributed by atoms with van der Waals surface area (Å²) in [6, 6.07) is 0. The zero-order valence-electron chi connectivity index (χ0n) is 10.7. The molecular weight excluding hydrogens is 200 g/mol. The minimum atomic E-state index is 0.111. The Balaban J connectivity index is 4.11. The molecule has 0 unspecified atom stereocenters. The summed E-state index contributed by atoms with van der Waals surface area (Å²) < 4.78 is 0.644. The van der Waals surface area contributed by atoms with Gasteiger partial charge in [-0.1, -0.05) is 26.5 Å². The SMILES string of the molecule is C=CC[N+](C)(CC=C)CC(=O)NCCCC. The van der Waals surface area contributed by atoms with Crippen LogP contribution in [0.2, 0.25) is 0 Å². The van der Waals surface area contributed by atoms with Gasteiger partial charge in [0.2, 0.25) is 0 Å². The molecule has 0 bridgehead atoms. The molecular formula is C13H25N2O+. The first-order chi connectivity index (χ1) is 7.58. The lowest BCUT2D eigenvalue weighted by Crippen LogP contribution is -2.50. The zero-order chi connectivity index (χ0) is 12.4. The van der Waals surface area contributed by atoms with E-state index in [9.17, 15) is 4.79 Å². The van der Waals surface area contributed by atoms with Gasteiger partial charge in [0, 0.05) is 6.54 Å². The van der Waals surface area contributed by atoms with Gasteiger partial charge in [-0.3, -0.25) is 4.79 Å². The number of carbonyl (C=O) groups is 1. The number of amides is 1. The molecule has 16 heavy (non-hydrogen) atoms. The molecule has 0 radical (unpaired) electrons.